The van der Waals surface area contributed by atoms with Gasteiger partial charge < -0.3 is 70.6 Å². The number of imidazole rings is 1. The average Bonchev–Trinajstić information content (AvgIpc) is 3.56. The van der Waals surface area contributed by atoms with Crippen LogP contribution in [0.3, 0.4) is 0 Å². The standard InChI is InChI=1S/C25H31ClN6O2.2C2H2O4/c1-25(2)14-17-21(27)18(26)13-16(22(17)34-25)23(33)29-15-7-10-32(11-8-15)12-9-28-24-30-19-5-3-4-6-20(19)31-24;2*3-1(4)2(5)6/h3-6,13,15H,7-12,14,27H2,1-2H3,(H,29,33)(H2,28,30,31);2*(H,3,4)(H,5,6)/p-4. The number of aromatic amines is 1. The van der Waals surface area contributed by atoms with Gasteiger partial charge in [-0.25, -0.2) is 4.98 Å². The molecule has 1 fully saturated rings. The number of para-hydroxylation sites is 2. The summed E-state index contributed by atoms with van der Waals surface area (Å²) in [5.41, 5.74) is 9.55. The zero-order chi connectivity index (χ0) is 34.2. The first-order chi connectivity index (χ1) is 21.6. The maximum Gasteiger partial charge on any atom is 0.255 e. The number of rotatable bonds is 6. The summed E-state index contributed by atoms with van der Waals surface area (Å²) >= 11 is 6.33. The van der Waals surface area contributed by atoms with Gasteiger partial charge in [0.25, 0.3) is 5.91 Å². The number of H-pyrrole nitrogens is 1. The largest absolute Gasteiger partial charge is 0.543 e. The van der Waals surface area contributed by atoms with Gasteiger partial charge in [0.15, 0.2) is 0 Å². The molecule has 0 unspecified atom stereocenters. The molecular formula is C29H31ClN6O10-4. The molecule has 1 amide bonds. The number of carboxylic acids is 4. The Hall–Kier alpha value is -5.09. The van der Waals surface area contributed by atoms with Gasteiger partial charge in [0.05, 0.1) is 51.2 Å². The second-order valence-corrected chi connectivity index (χ2v) is 11.3. The van der Waals surface area contributed by atoms with Crippen LogP contribution in [0.1, 0.15) is 42.6 Å². The van der Waals surface area contributed by atoms with Crippen LogP contribution in [-0.4, -0.2) is 82.5 Å². The number of halogens is 1. The molecule has 0 saturated carbocycles. The van der Waals surface area contributed by atoms with Crippen molar-refractivity contribution < 1.29 is 49.1 Å². The van der Waals surface area contributed by atoms with Gasteiger partial charge in [-0.2, -0.15) is 0 Å². The summed E-state index contributed by atoms with van der Waals surface area (Å²) in [7, 11) is 0. The first kappa shape index (κ1) is 35.4. The highest BCUT2D eigenvalue weighted by Crippen LogP contribution is 2.44. The Morgan fingerprint density at radius 1 is 1.04 bits per heavy atom. The Labute approximate surface area is 267 Å². The van der Waals surface area contributed by atoms with Crippen molar-refractivity contribution in [2.75, 3.05) is 37.2 Å². The number of anilines is 2. The summed E-state index contributed by atoms with van der Waals surface area (Å²) in [5, 5.41) is 42.7. The summed E-state index contributed by atoms with van der Waals surface area (Å²) in [6, 6.07) is 9.75. The van der Waals surface area contributed by atoms with Crippen molar-refractivity contribution in [1.29, 1.82) is 0 Å². The maximum atomic E-state index is 13.1. The molecule has 248 valence electrons. The van der Waals surface area contributed by atoms with E-state index in [2.05, 4.69) is 25.5 Å². The molecule has 46 heavy (non-hydrogen) atoms. The Balaban J connectivity index is 0.000000410. The first-order valence-electron chi connectivity index (χ1n) is 13.9. The molecule has 0 aliphatic carbocycles. The fraction of sp³-hybridized carbons (Fsp3) is 0.379. The number of hydrogen-bond donors (Lipinski definition) is 4. The Morgan fingerprint density at radius 2 is 1.63 bits per heavy atom. The van der Waals surface area contributed by atoms with Gasteiger partial charge in [-0.3, -0.25) is 4.79 Å². The highest BCUT2D eigenvalue weighted by Gasteiger charge is 2.36. The van der Waals surface area contributed by atoms with Crippen LogP contribution in [0.5, 0.6) is 5.75 Å². The average molecular weight is 659 g/mol. The highest BCUT2D eigenvalue weighted by molar-refractivity contribution is 6.34. The number of carbonyl (C=O) groups is 5. The molecule has 3 heterocycles. The van der Waals surface area contributed by atoms with Crippen molar-refractivity contribution in [1.82, 2.24) is 20.2 Å². The number of carbonyl (C=O) groups excluding carboxylic acids is 5. The van der Waals surface area contributed by atoms with Gasteiger partial charge in [-0.1, -0.05) is 23.7 Å². The predicted molar refractivity (Wildman–Crippen MR) is 156 cm³/mol. The molecule has 1 aromatic heterocycles. The lowest BCUT2D eigenvalue weighted by Gasteiger charge is -2.32. The molecule has 2 aliphatic rings. The third kappa shape index (κ3) is 9.70. The molecule has 2 aliphatic heterocycles. The van der Waals surface area contributed by atoms with Gasteiger partial charge in [0.1, 0.15) is 11.4 Å². The minimum absolute atomic E-state index is 0.119. The Morgan fingerprint density at radius 3 is 2.20 bits per heavy atom. The number of nitrogens with two attached hydrogens (primary N) is 1. The number of aromatic nitrogens is 2. The van der Waals surface area contributed by atoms with Crippen molar-refractivity contribution in [2.45, 2.75) is 44.8 Å². The van der Waals surface area contributed by atoms with Crippen LogP contribution < -0.4 is 41.5 Å². The number of hydrogen-bond acceptors (Lipinski definition) is 14. The topological polar surface area (TPSA) is 269 Å². The zero-order valence-electron chi connectivity index (χ0n) is 24.8. The summed E-state index contributed by atoms with van der Waals surface area (Å²) in [5.74, 6) is -7.53. The SMILES string of the molecule is CC1(C)Cc2c(N)c(Cl)cc(C(=O)NC3CCN(CCNc4nc5ccccc5[nH]4)CC3)c2O1.O=C([O-])C(=O)[O-].O=C([O-])C(=O)[O-]. The number of nitrogen functional groups attached to an aromatic ring is 1. The number of nitrogens with one attached hydrogen (secondary N) is 3. The lowest BCUT2D eigenvalue weighted by molar-refractivity contribution is -0.345. The van der Waals surface area contributed by atoms with E-state index in [1.807, 2.05) is 38.1 Å². The predicted octanol–water partition coefficient (Wildman–Crippen LogP) is -3.21. The Kier molecular flexibility index (Phi) is 11.7. The van der Waals surface area contributed by atoms with E-state index >= 15 is 0 Å². The number of ether oxygens (including phenoxy) is 1. The molecule has 0 radical (unpaired) electrons. The van der Waals surface area contributed by atoms with Crippen LogP contribution >= 0.6 is 11.6 Å². The van der Waals surface area contributed by atoms with Crippen LogP contribution in [0.4, 0.5) is 11.6 Å². The molecule has 0 bridgehead atoms. The van der Waals surface area contributed by atoms with Crippen molar-refractivity contribution >= 4 is 64.1 Å². The minimum Gasteiger partial charge on any atom is -0.543 e. The van der Waals surface area contributed by atoms with Gasteiger partial charge in [0, 0.05) is 44.2 Å². The van der Waals surface area contributed by atoms with Gasteiger partial charge >= 0.3 is 0 Å². The van der Waals surface area contributed by atoms with E-state index in [9.17, 15) is 4.79 Å². The normalized spacial score (nSPS) is 15.2. The monoisotopic (exact) mass is 658 g/mol. The van der Waals surface area contributed by atoms with E-state index in [1.54, 1.807) is 6.07 Å². The van der Waals surface area contributed by atoms with Crippen LogP contribution in [-0.2, 0) is 25.6 Å². The van der Waals surface area contributed by atoms with Gasteiger partial charge in [-0.15, -0.1) is 0 Å². The van der Waals surface area contributed by atoms with E-state index in [1.165, 1.54) is 0 Å². The van der Waals surface area contributed by atoms with Crippen molar-refractivity contribution in [2.24, 2.45) is 0 Å². The molecule has 5 rings (SSSR count). The third-order valence-corrected chi connectivity index (χ3v) is 7.28. The van der Waals surface area contributed by atoms with E-state index in [-0.39, 0.29) is 11.9 Å². The fourth-order valence-electron chi connectivity index (χ4n) is 4.83. The molecule has 17 heteroatoms. The summed E-state index contributed by atoms with van der Waals surface area (Å²) in [4.78, 5) is 59.1. The molecule has 5 N–H and O–H groups in total. The number of benzene rings is 2. The van der Waals surface area contributed by atoms with E-state index in [0.717, 1.165) is 61.6 Å². The minimum atomic E-state index is -2.19. The number of amides is 1. The number of piperidine rings is 1. The van der Waals surface area contributed by atoms with Crippen LogP contribution in [0.2, 0.25) is 5.02 Å². The number of fused-ring (bicyclic) bond motifs is 2. The van der Waals surface area contributed by atoms with E-state index < -0.39 is 29.5 Å². The lowest BCUT2D eigenvalue weighted by atomic mass is 9.98. The number of carboxylic acid groups (broad SMARTS) is 4. The number of likely N-dealkylation sites (tertiary alicyclic amines) is 1. The molecule has 3 aromatic rings. The van der Waals surface area contributed by atoms with Crippen molar-refractivity contribution in [3.63, 3.8) is 0 Å². The lowest BCUT2D eigenvalue weighted by Crippen LogP contribution is -2.45. The fourth-order valence-corrected chi connectivity index (χ4v) is 5.05. The van der Waals surface area contributed by atoms with Crippen LogP contribution in [0.25, 0.3) is 11.0 Å². The zero-order valence-corrected chi connectivity index (χ0v) is 25.6. The van der Waals surface area contributed by atoms with Gasteiger partial charge in [0.2, 0.25) is 5.95 Å². The smallest absolute Gasteiger partial charge is 0.255 e. The third-order valence-electron chi connectivity index (χ3n) is 6.96. The number of nitrogens with zero attached hydrogens (tertiary/aromatic N) is 2. The van der Waals surface area contributed by atoms with Gasteiger partial charge in [-0.05, 0) is 44.9 Å². The Bertz CT molecular complexity index is 1540. The van der Waals surface area contributed by atoms with E-state index in [0.29, 0.717) is 28.4 Å². The van der Waals surface area contributed by atoms with Crippen LogP contribution in [0, 0.1) is 0 Å². The molecular weight excluding hydrogens is 628 g/mol. The van der Waals surface area contributed by atoms with Crippen molar-refractivity contribution in [3.05, 3.63) is 46.5 Å². The maximum absolute atomic E-state index is 13.1. The molecule has 16 nitrogen and oxygen atoms in total. The summed E-state index contributed by atoms with van der Waals surface area (Å²) in [6.07, 6.45) is 2.43. The van der Waals surface area contributed by atoms with E-state index in [4.69, 9.17) is 61.7 Å². The second-order valence-electron chi connectivity index (χ2n) is 10.9. The molecule has 2 aromatic carbocycles. The highest BCUT2D eigenvalue weighted by atomic mass is 35.5. The van der Waals surface area contributed by atoms with Crippen molar-refractivity contribution in [3.8, 4) is 5.75 Å². The summed E-state index contributed by atoms with van der Waals surface area (Å²) in [6.45, 7) is 7.55. The summed E-state index contributed by atoms with van der Waals surface area (Å²) < 4.78 is 6.07. The number of aliphatic carboxylic acids is 4. The quantitative estimate of drug-likeness (QED) is 0.150. The first-order valence-corrected chi connectivity index (χ1v) is 14.3. The molecule has 1 saturated heterocycles. The molecule has 0 spiro atoms. The van der Waals surface area contributed by atoms with Crippen LogP contribution in [0.15, 0.2) is 30.3 Å². The second kappa shape index (κ2) is 15.3. The molecule has 0 atom stereocenters.